The molecule has 2 unspecified atom stereocenters. The predicted octanol–water partition coefficient (Wildman–Crippen LogP) is 8.40. The maximum Gasteiger partial charge on any atom is 0.249 e. The number of carbonyl (C=O) groups excluding carboxylic acids is 5. The number of rotatable bonds is 17. The third-order valence-electron chi connectivity index (χ3n) is 13.1. The molecule has 2 atom stereocenters. The van der Waals surface area contributed by atoms with Gasteiger partial charge in [0.15, 0.2) is 35.4 Å². The molecule has 69 heavy (non-hydrogen) atoms. The quantitative estimate of drug-likeness (QED) is 0.0514. The van der Waals surface area contributed by atoms with Crippen molar-refractivity contribution >= 4 is 102 Å². The van der Waals surface area contributed by atoms with Crippen molar-refractivity contribution in [1.82, 2.24) is 24.5 Å². The molecule has 3 aliphatic heterocycles. The van der Waals surface area contributed by atoms with E-state index in [2.05, 4.69) is 28.5 Å². The van der Waals surface area contributed by atoms with Crippen LogP contribution in [0.2, 0.25) is 5.02 Å². The molecule has 3 aromatic heterocycles. The molecule has 0 saturated carbocycles. The van der Waals surface area contributed by atoms with E-state index in [1.165, 1.54) is 16.9 Å². The van der Waals surface area contributed by atoms with Gasteiger partial charge in [-0.1, -0.05) is 71.0 Å². The van der Waals surface area contributed by atoms with Crippen LogP contribution in [0.15, 0.2) is 78.4 Å². The lowest BCUT2D eigenvalue weighted by Gasteiger charge is -2.44. The predicted molar refractivity (Wildman–Crippen MR) is 272 cm³/mol. The van der Waals surface area contributed by atoms with E-state index >= 15 is 0 Å². The van der Waals surface area contributed by atoms with Gasteiger partial charge in [-0.3, -0.25) is 29.3 Å². The lowest BCUT2D eigenvalue weighted by molar-refractivity contribution is -0.136. The fourth-order valence-electron chi connectivity index (χ4n) is 9.58. The Hall–Kier alpha value is -5.79. The van der Waals surface area contributed by atoms with Crippen LogP contribution in [0.5, 0.6) is 5.75 Å². The molecule has 2 amide bonds. The van der Waals surface area contributed by atoms with Crippen LogP contribution in [0, 0.1) is 5.92 Å². The summed E-state index contributed by atoms with van der Waals surface area (Å²) in [4.78, 5) is 74.1. The molecule has 3 fully saturated rings. The van der Waals surface area contributed by atoms with Crippen molar-refractivity contribution in [1.29, 1.82) is 0 Å². The van der Waals surface area contributed by atoms with E-state index in [1.54, 1.807) is 33.8 Å². The van der Waals surface area contributed by atoms with E-state index < -0.39 is 21.6 Å². The highest BCUT2D eigenvalue weighted by molar-refractivity contribution is 7.88. The number of imide groups is 1. The van der Waals surface area contributed by atoms with E-state index in [9.17, 15) is 32.4 Å². The number of likely N-dealkylation sites (N-methyl/N-ethyl adjacent to an activating group) is 1. The molecule has 0 radical (unpaired) electrons. The highest BCUT2D eigenvalue weighted by atomic mass is 35.5. The highest BCUT2D eigenvalue weighted by Gasteiger charge is 2.42. The van der Waals surface area contributed by atoms with Gasteiger partial charge < -0.3 is 19.9 Å². The van der Waals surface area contributed by atoms with Gasteiger partial charge in [0.1, 0.15) is 28.3 Å². The summed E-state index contributed by atoms with van der Waals surface area (Å²) in [6.07, 6.45) is 9.63. The average Bonchev–Trinajstić information content (AvgIpc) is 3.90. The van der Waals surface area contributed by atoms with Gasteiger partial charge >= 0.3 is 0 Å². The number of ether oxygens (including phenoxy) is 1. The number of piperidine rings is 3. The topological polar surface area (TPSA) is 188 Å². The molecule has 362 valence electrons. The number of nitrogens with one attached hydrogen (secondary N) is 2. The van der Waals surface area contributed by atoms with Gasteiger partial charge in [-0.05, 0) is 94.7 Å². The third-order valence-corrected chi connectivity index (χ3v) is 17.8. The van der Waals surface area contributed by atoms with Gasteiger partial charge in [0.25, 0.3) is 0 Å². The fourth-order valence-corrected chi connectivity index (χ4v) is 13.8. The SMILES string of the molecule is C/C(=C\C=C(/c1ccccc1C=O)N(C)C1CCC(=O)NC1=O)C1CCN(c2nc3nc(CS(=O)(=O)N4CCC(Nc5cccc(-c6sc(C=O)c(OCC=O)c6Cl)c5)CC4(C)C)ccc3s2)CC1. The lowest BCUT2D eigenvalue weighted by Crippen LogP contribution is -2.55. The first-order valence-corrected chi connectivity index (χ1v) is 26.4. The number of sulfonamides is 1. The van der Waals surface area contributed by atoms with Crippen LogP contribution in [0.4, 0.5) is 10.8 Å². The number of benzene rings is 2. The molecule has 0 bridgehead atoms. The Morgan fingerprint density at radius 2 is 1.75 bits per heavy atom. The monoisotopic (exact) mass is 1010 g/mol. The van der Waals surface area contributed by atoms with Crippen LogP contribution in [0.1, 0.15) is 90.6 Å². The van der Waals surface area contributed by atoms with Crippen molar-refractivity contribution < 1.29 is 37.1 Å². The van der Waals surface area contributed by atoms with E-state index in [0.29, 0.717) is 76.5 Å². The van der Waals surface area contributed by atoms with Crippen LogP contribution in [-0.2, 0) is 30.2 Å². The Morgan fingerprint density at radius 3 is 2.48 bits per heavy atom. The minimum atomic E-state index is -3.77. The molecule has 6 heterocycles. The molecule has 15 nitrogen and oxygen atoms in total. The van der Waals surface area contributed by atoms with Crippen LogP contribution >= 0.6 is 34.3 Å². The average molecular weight is 1010 g/mol. The maximum absolute atomic E-state index is 14.1. The first-order chi connectivity index (χ1) is 33.1. The van der Waals surface area contributed by atoms with Gasteiger partial charge in [-0.25, -0.2) is 13.4 Å². The van der Waals surface area contributed by atoms with Crippen LogP contribution in [0.25, 0.3) is 26.5 Å². The standard InChI is InChI=1S/C50H54ClN7O8S3/c1-31(12-14-39(38-11-6-5-8-34(38)28-60)56(4)40-15-17-43(62)54-48(40)63)32-18-21-57(22-19-32)49-55-47-41(68-49)16-13-37(53-47)30-69(64,65)58-23-20-36(27-50(58,2)3)52-35-10-7-9-33(26-35)46-44(51)45(66-25-24-59)42(29-61)67-46/h5-14,16,24,26,28-29,32,36,40,52H,15,17-23,25,27,30H2,1-4H3,(H,54,62,63)/b31-12+,39-14+. The molecule has 0 spiro atoms. The number of fused-ring (bicyclic) bond motifs is 1. The lowest BCUT2D eigenvalue weighted by atomic mass is 9.89. The largest absolute Gasteiger partial charge is 0.483 e. The van der Waals surface area contributed by atoms with E-state index in [1.807, 2.05) is 74.3 Å². The Balaban J connectivity index is 0.890. The summed E-state index contributed by atoms with van der Waals surface area (Å²) < 4.78 is 36.1. The molecular formula is C50H54ClN7O8S3. The first-order valence-electron chi connectivity index (χ1n) is 22.8. The summed E-state index contributed by atoms with van der Waals surface area (Å²) in [7, 11) is -1.94. The summed E-state index contributed by atoms with van der Waals surface area (Å²) in [5.41, 5.74) is 4.97. The Morgan fingerprint density at radius 1 is 0.971 bits per heavy atom. The van der Waals surface area contributed by atoms with Crippen LogP contribution < -0.4 is 20.3 Å². The van der Waals surface area contributed by atoms with Gasteiger partial charge in [0.05, 0.1) is 15.3 Å². The molecule has 19 heteroatoms. The van der Waals surface area contributed by atoms with Gasteiger partial charge in [0, 0.05) is 67.2 Å². The number of anilines is 2. The molecule has 8 rings (SSSR count). The number of thiazole rings is 1. The number of halogens is 1. The molecule has 5 aromatic rings. The number of allylic oxidation sites excluding steroid dienone is 3. The zero-order valence-corrected chi connectivity index (χ0v) is 42.0. The number of nitrogens with zero attached hydrogens (tertiary/aromatic N) is 5. The Bertz CT molecular complexity index is 2960. The van der Waals surface area contributed by atoms with Crippen LogP contribution in [-0.4, -0.2) is 109 Å². The summed E-state index contributed by atoms with van der Waals surface area (Å²) in [5.74, 6) is -0.407. The number of aldehydes is 3. The summed E-state index contributed by atoms with van der Waals surface area (Å²) in [6.45, 7) is 7.64. The summed E-state index contributed by atoms with van der Waals surface area (Å²) in [5, 5.41) is 7.14. The van der Waals surface area contributed by atoms with Crippen molar-refractivity contribution in [3.8, 4) is 16.2 Å². The highest BCUT2D eigenvalue weighted by Crippen LogP contribution is 2.45. The smallest absolute Gasteiger partial charge is 0.249 e. The second-order valence-electron chi connectivity index (χ2n) is 18.2. The maximum atomic E-state index is 14.1. The van der Waals surface area contributed by atoms with Crippen molar-refractivity contribution in [2.24, 2.45) is 5.92 Å². The van der Waals surface area contributed by atoms with Gasteiger partial charge in [0.2, 0.25) is 21.8 Å². The molecule has 0 aliphatic carbocycles. The van der Waals surface area contributed by atoms with Crippen molar-refractivity contribution in [2.45, 2.75) is 82.7 Å². The molecule has 3 aliphatic rings. The van der Waals surface area contributed by atoms with E-state index in [4.69, 9.17) is 26.3 Å². The van der Waals surface area contributed by atoms with Gasteiger partial charge in [-0.15, -0.1) is 11.3 Å². The molecule has 3 saturated heterocycles. The first kappa shape index (κ1) is 49.6. The third kappa shape index (κ3) is 11.0. The second-order valence-corrected chi connectivity index (χ2v) is 22.5. The van der Waals surface area contributed by atoms with Crippen molar-refractivity contribution in [3.63, 3.8) is 0 Å². The number of aromatic nitrogens is 2. The van der Waals surface area contributed by atoms with E-state index in [0.717, 1.165) is 59.0 Å². The number of hydrogen-bond donors (Lipinski definition) is 2. The molecular weight excluding hydrogens is 958 g/mol. The number of thiophene rings is 1. The normalized spacial score (nSPS) is 19.6. The zero-order chi connectivity index (χ0) is 49.0. The minimum absolute atomic E-state index is 0.0218. The second kappa shape index (κ2) is 21.1. The number of pyridine rings is 1. The number of amides is 2. The van der Waals surface area contributed by atoms with Gasteiger partial charge in [-0.2, -0.15) is 9.29 Å². The van der Waals surface area contributed by atoms with Crippen molar-refractivity contribution in [2.75, 3.05) is 43.5 Å². The Labute approximate surface area is 414 Å². The minimum Gasteiger partial charge on any atom is -0.483 e. The summed E-state index contributed by atoms with van der Waals surface area (Å²) in [6, 6.07) is 18.0. The number of carbonyl (C=O) groups is 5. The van der Waals surface area contributed by atoms with Crippen LogP contribution in [0.3, 0.4) is 0 Å². The molecule has 2 N–H and O–H groups in total. The van der Waals surface area contributed by atoms with E-state index in [-0.39, 0.29) is 47.4 Å². The summed E-state index contributed by atoms with van der Waals surface area (Å²) >= 11 is 9.34. The molecule has 2 aromatic carbocycles. The number of hydrogen-bond acceptors (Lipinski definition) is 15. The van der Waals surface area contributed by atoms with Crippen molar-refractivity contribution in [3.05, 3.63) is 105 Å². The zero-order valence-electron chi connectivity index (χ0n) is 38.8. The fraction of sp³-hybridized carbons (Fsp3) is 0.380. The Kier molecular flexibility index (Phi) is 15.1.